The third kappa shape index (κ3) is 3.43. The number of amides is 1. The monoisotopic (exact) mass is 461 g/mol. The van der Waals surface area contributed by atoms with Crippen molar-refractivity contribution in [2.24, 2.45) is 0 Å². The summed E-state index contributed by atoms with van der Waals surface area (Å²) in [5.74, 6) is 0.481. The van der Waals surface area contributed by atoms with E-state index >= 15 is 0 Å². The zero-order chi connectivity index (χ0) is 22.6. The Bertz CT molecular complexity index is 1290. The molecule has 3 aromatic rings. The number of hydrogen-bond acceptors (Lipinski definition) is 4. The maximum atomic E-state index is 13.5. The molecule has 168 valence electrons. The number of nitrogens with zero attached hydrogens (tertiary/aromatic N) is 3. The summed E-state index contributed by atoms with van der Waals surface area (Å²) in [5.41, 5.74) is 0.816. The van der Waals surface area contributed by atoms with Gasteiger partial charge >= 0.3 is 6.18 Å². The maximum Gasteiger partial charge on any atom is 0.416 e. The molecule has 0 radical (unpaired) electrons. The van der Waals surface area contributed by atoms with Gasteiger partial charge in [0.25, 0.3) is 11.5 Å². The fourth-order valence-electron chi connectivity index (χ4n) is 4.72. The lowest BCUT2D eigenvalue weighted by atomic mass is 9.98. The molecule has 0 saturated heterocycles. The van der Waals surface area contributed by atoms with Crippen LogP contribution in [0.1, 0.15) is 57.9 Å². The molecule has 2 aromatic heterocycles. The van der Waals surface area contributed by atoms with Gasteiger partial charge in [0.05, 0.1) is 15.8 Å². The predicted molar refractivity (Wildman–Crippen MR) is 118 cm³/mol. The summed E-state index contributed by atoms with van der Waals surface area (Å²) in [6.45, 7) is 2.82. The van der Waals surface area contributed by atoms with Gasteiger partial charge in [0, 0.05) is 25.2 Å². The lowest BCUT2D eigenvalue weighted by Gasteiger charge is -2.30. The van der Waals surface area contributed by atoms with E-state index in [0.717, 1.165) is 43.6 Å². The third-order valence-corrected chi connectivity index (χ3v) is 7.55. The van der Waals surface area contributed by atoms with Crippen LogP contribution in [0.3, 0.4) is 0 Å². The molecule has 0 spiro atoms. The van der Waals surface area contributed by atoms with Crippen LogP contribution in [0.2, 0.25) is 0 Å². The van der Waals surface area contributed by atoms with Crippen molar-refractivity contribution in [3.63, 3.8) is 0 Å². The highest BCUT2D eigenvalue weighted by Crippen LogP contribution is 2.37. The number of fused-ring (bicyclic) bond motifs is 3. The second-order valence-corrected chi connectivity index (χ2v) is 9.43. The first-order valence-corrected chi connectivity index (χ1v) is 11.6. The van der Waals surface area contributed by atoms with Crippen molar-refractivity contribution in [1.82, 2.24) is 9.55 Å². The van der Waals surface area contributed by atoms with Gasteiger partial charge in [-0.2, -0.15) is 13.2 Å². The second-order valence-electron chi connectivity index (χ2n) is 8.43. The normalized spacial score (nSPS) is 16.6. The zero-order valence-corrected chi connectivity index (χ0v) is 18.4. The Kier molecular flexibility index (Phi) is 5.11. The number of halogens is 3. The van der Waals surface area contributed by atoms with E-state index in [-0.39, 0.29) is 11.5 Å². The van der Waals surface area contributed by atoms with Gasteiger partial charge in [0.2, 0.25) is 0 Å². The first kappa shape index (κ1) is 21.2. The Morgan fingerprint density at radius 3 is 2.69 bits per heavy atom. The summed E-state index contributed by atoms with van der Waals surface area (Å²) in [7, 11) is 0. The summed E-state index contributed by atoms with van der Waals surface area (Å²) >= 11 is 1.21. The molecule has 0 atom stereocenters. The van der Waals surface area contributed by atoms with E-state index in [9.17, 15) is 22.8 Å². The second kappa shape index (κ2) is 7.72. The quantitative estimate of drug-likeness (QED) is 0.506. The molecule has 5 rings (SSSR count). The standard InChI is InChI=1S/C23H22F3N3O2S/c1-13-18-20(27-17-7-3-2-4-10-29(17)21(18)30)32-19(13)22(31)28-11-5-6-14-12-15(23(24,25)26)8-9-16(14)28/h8-9,12H,2-7,10-11H2,1H3. The van der Waals surface area contributed by atoms with Crippen LogP contribution in [0.25, 0.3) is 10.2 Å². The molecular formula is C23H22F3N3O2S. The van der Waals surface area contributed by atoms with E-state index in [1.165, 1.54) is 17.4 Å². The first-order chi connectivity index (χ1) is 15.3. The molecule has 4 heterocycles. The van der Waals surface area contributed by atoms with Gasteiger partial charge in [-0.3, -0.25) is 14.2 Å². The Morgan fingerprint density at radius 2 is 1.91 bits per heavy atom. The van der Waals surface area contributed by atoms with E-state index in [0.29, 0.717) is 57.8 Å². The molecule has 0 saturated carbocycles. The summed E-state index contributed by atoms with van der Waals surface area (Å²) in [5, 5.41) is 0.480. The largest absolute Gasteiger partial charge is 0.416 e. The fraction of sp³-hybridized carbons (Fsp3) is 0.435. The molecule has 32 heavy (non-hydrogen) atoms. The number of carbonyl (C=O) groups excluding carboxylic acids is 1. The number of thiophene rings is 1. The molecule has 5 nitrogen and oxygen atoms in total. The smallest absolute Gasteiger partial charge is 0.307 e. The Balaban J connectivity index is 1.57. The van der Waals surface area contributed by atoms with Crippen molar-refractivity contribution in [3.8, 4) is 0 Å². The number of aryl methyl sites for hydroxylation is 3. The number of rotatable bonds is 1. The molecule has 0 fully saturated rings. The van der Waals surface area contributed by atoms with Crippen molar-refractivity contribution in [1.29, 1.82) is 0 Å². The van der Waals surface area contributed by atoms with E-state index in [1.807, 2.05) is 0 Å². The van der Waals surface area contributed by atoms with Crippen LogP contribution in [0.4, 0.5) is 18.9 Å². The topological polar surface area (TPSA) is 55.2 Å². The molecule has 1 aromatic carbocycles. The van der Waals surface area contributed by atoms with Crippen molar-refractivity contribution in [2.75, 3.05) is 11.4 Å². The Labute approximate surface area is 186 Å². The number of hydrogen-bond donors (Lipinski definition) is 0. The molecule has 0 unspecified atom stereocenters. The van der Waals surface area contributed by atoms with E-state index in [1.54, 1.807) is 16.4 Å². The van der Waals surface area contributed by atoms with Gasteiger partial charge in [-0.05, 0) is 61.9 Å². The molecule has 9 heteroatoms. The highest BCUT2D eigenvalue weighted by atomic mass is 32.1. The minimum atomic E-state index is -4.42. The van der Waals surface area contributed by atoms with Crippen molar-refractivity contribution in [2.45, 2.75) is 58.2 Å². The summed E-state index contributed by atoms with van der Waals surface area (Å²) in [4.78, 5) is 33.9. The van der Waals surface area contributed by atoms with Gasteiger partial charge < -0.3 is 4.90 Å². The number of anilines is 1. The Morgan fingerprint density at radius 1 is 1.09 bits per heavy atom. The van der Waals surface area contributed by atoms with Crippen LogP contribution in [0, 0.1) is 6.92 Å². The number of alkyl halides is 3. The molecule has 2 aliphatic rings. The Hall–Kier alpha value is -2.68. The summed E-state index contributed by atoms with van der Waals surface area (Å²) in [6, 6.07) is 3.54. The average molecular weight is 462 g/mol. The van der Waals surface area contributed by atoms with Crippen LogP contribution in [-0.2, 0) is 25.6 Å². The molecule has 2 aliphatic heterocycles. The highest BCUT2D eigenvalue weighted by Gasteiger charge is 2.33. The van der Waals surface area contributed by atoms with Gasteiger partial charge in [-0.1, -0.05) is 6.42 Å². The molecule has 0 N–H and O–H groups in total. The number of carbonyl (C=O) groups is 1. The van der Waals surface area contributed by atoms with Gasteiger partial charge in [0.15, 0.2) is 0 Å². The minimum absolute atomic E-state index is 0.103. The number of aromatic nitrogens is 2. The maximum absolute atomic E-state index is 13.5. The summed E-state index contributed by atoms with van der Waals surface area (Å²) < 4.78 is 41.1. The average Bonchev–Trinajstić information content (AvgIpc) is 2.93. The lowest BCUT2D eigenvalue weighted by molar-refractivity contribution is -0.137. The molecule has 0 aliphatic carbocycles. The third-order valence-electron chi connectivity index (χ3n) is 6.38. The van der Waals surface area contributed by atoms with Crippen LogP contribution in [0.5, 0.6) is 0 Å². The van der Waals surface area contributed by atoms with Crippen molar-refractivity contribution < 1.29 is 18.0 Å². The first-order valence-electron chi connectivity index (χ1n) is 10.8. The SMILES string of the molecule is Cc1c(C(=O)N2CCCc3cc(C(F)(F)F)ccc32)sc2nc3n(c(=O)c12)CCCCC3. The van der Waals surface area contributed by atoms with Crippen LogP contribution in [-0.4, -0.2) is 22.0 Å². The lowest BCUT2D eigenvalue weighted by Crippen LogP contribution is -2.35. The van der Waals surface area contributed by atoms with Gasteiger partial charge in [-0.15, -0.1) is 11.3 Å². The van der Waals surface area contributed by atoms with E-state index in [2.05, 4.69) is 0 Å². The fourth-order valence-corrected chi connectivity index (χ4v) is 5.86. The van der Waals surface area contributed by atoms with E-state index in [4.69, 9.17) is 4.98 Å². The minimum Gasteiger partial charge on any atom is -0.307 e. The zero-order valence-electron chi connectivity index (χ0n) is 17.6. The van der Waals surface area contributed by atoms with Crippen molar-refractivity contribution >= 4 is 33.1 Å². The van der Waals surface area contributed by atoms with Crippen LogP contribution >= 0.6 is 11.3 Å². The van der Waals surface area contributed by atoms with E-state index < -0.39 is 11.7 Å². The number of benzene rings is 1. The summed E-state index contributed by atoms with van der Waals surface area (Å²) in [6.07, 6.45) is 0.368. The highest BCUT2D eigenvalue weighted by molar-refractivity contribution is 7.20. The molecular weight excluding hydrogens is 439 g/mol. The van der Waals surface area contributed by atoms with Gasteiger partial charge in [-0.25, -0.2) is 4.98 Å². The predicted octanol–water partition coefficient (Wildman–Crippen LogP) is 5.10. The van der Waals surface area contributed by atoms with Crippen LogP contribution < -0.4 is 10.5 Å². The van der Waals surface area contributed by atoms with Crippen molar-refractivity contribution in [3.05, 3.63) is 55.9 Å². The van der Waals surface area contributed by atoms with Crippen LogP contribution in [0.15, 0.2) is 23.0 Å². The molecule has 0 bridgehead atoms. The molecule has 1 amide bonds. The van der Waals surface area contributed by atoms with Gasteiger partial charge in [0.1, 0.15) is 10.7 Å².